The molecule has 9 aromatic rings. The minimum atomic E-state index is -3.15. The van der Waals surface area contributed by atoms with E-state index in [-0.39, 0.29) is 60.3 Å². The topological polar surface area (TPSA) is 17.8 Å². The molecule has 0 N–H and O–H groups in total. The van der Waals surface area contributed by atoms with Gasteiger partial charge in [0.25, 0.3) is 0 Å². The summed E-state index contributed by atoms with van der Waals surface area (Å²) in [6.45, 7) is -3.15. The fourth-order valence-corrected chi connectivity index (χ4v) is 6.19. The van der Waals surface area contributed by atoms with E-state index in [1.165, 1.54) is 16.7 Å². The molecular formula is C43H30N2. The molecule has 8 aromatic carbocycles. The fourth-order valence-electron chi connectivity index (χ4n) is 6.19. The van der Waals surface area contributed by atoms with Gasteiger partial charge in [-0.05, 0) is 84.2 Å². The van der Waals surface area contributed by atoms with Crippen LogP contribution in [-0.4, -0.2) is 9.55 Å². The van der Waals surface area contributed by atoms with Gasteiger partial charge < -0.3 is 0 Å². The van der Waals surface area contributed by atoms with E-state index in [2.05, 4.69) is 4.98 Å². The second-order valence-corrected chi connectivity index (χ2v) is 10.4. The molecule has 0 aliphatic carbocycles. The minimum absolute atomic E-state index is 0.0654. The van der Waals surface area contributed by atoms with Gasteiger partial charge in [0.1, 0.15) is 5.82 Å². The lowest BCUT2D eigenvalue weighted by molar-refractivity contribution is 0.913. The van der Waals surface area contributed by atoms with Gasteiger partial charge in [0.05, 0.1) is 35.9 Å². The van der Waals surface area contributed by atoms with Crippen molar-refractivity contribution in [3.05, 3.63) is 157 Å². The van der Waals surface area contributed by atoms with Gasteiger partial charge in [-0.15, -0.1) is 0 Å². The lowest BCUT2D eigenvalue weighted by Gasteiger charge is -2.20. The Labute approximate surface area is 288 Å². The van der Waals surface area contributed by atoms with Crippen molar-refractivity contribution in [2.75, 3.05) is 0 Å². The van der Waals surface area contributed by atoms with Crippen molar-refractivity contribution < 1.29 is 26.0 Å². The van der Waals surface area contributed by atoms with Gasteiger partial charge in [-0.3, -0.25) is 4.57 Å². The second kappa shape index (κ2) is 10.2. The van der Waals surface area contributed by atoms with Crippen LogP contribution in [0.3, 0.4) is 0 Å². The zero-order chi connectivity index (χ0) is 46.4. The Balaban J connectivity index is 1.52. The number of aromatic nitrogens is 2. The number of benzene rings is 8. The summed E-state index contributed by atoms with van der Waals surface area (Å²) in [4.78, 5) is 4.45. The molecule has 0 unspecified atom stereocenters. The predicted octanol–water partition coefficient (Wildman–Crippen LogP) is 11.5. The molecular weight excluding hydrogens is 544 g/mol. The van der Waals surface area contributed by atoms with Crippen molar-refractivity contribution in [1.29, 1.82) is 0 Å². The van der Waals surface area contributed by atoms with Gasteiger partial charge in [0, 0.05) is 18.6 Å². The van der Waals surface area contributed by atoms with E-state index in [1.807, 2.05) is 0 Å². The quantitative estimate of drug-likeness (QED) is 0.186. The maximum Gasteiger partial charge on any atom is 0.114 e. The van der Waals surface area contributed by atoms with Gasteiger partial charge in [-0.2, -0.15) is 0 Å². The zero-order valence-corrected chi connectivity index (χ0v) is 23.2. The van der Waals surface area contributed by atoms with Crippen LogP contribution in [-0.2, 0) is 6.37 Å². The van der Waals surface area contributed by atoms with Crippen molar-refractivity contribution >= 4 is 54.1 Å². The Morgan fingerprint density at radius 3 is 2.02 bits per heavy atom. The third-order valence-corrected chi connectivity index (χ3v) is 8.06. The molecule has 0 aliphatic heterocycles. The fraction of sp³-hybridized carbons (Fsp3) is 0.0465. The van der Waals surface area contributed by atoms with E-state index in [0.717, 1.165) is 0 Å². The van der Waals surface area contributed by atoms with Crippen LogP contribution in [0.5, 0.6) is 0 Å². The highest BCUT2D eigenvalue weighted by atomic mass is 15.1. The number of rotatable bonds is 4. The lowest BCUT2D eigenvalue weighted by atomic mass is 9.84. The van der Waals surface area contributed by atoms with Gasteiger partial charge in [0.2, 0.25) is 0 Å². The summed E-state index contributed by atoms with van der Waals surface area (Å²) < 4.78 is 169. The second-order valence-electron chi connectivity index (χ2n) is 10.4. The Kier molecular flexibility index (Phi) is 2.96. The van der Waals surface area contributed by atoms with Gasteiger partial charge >= 0.3 is 0 Å². The Bertz CT molecular complexity index is 3490. The van der Waals surface area contributed by atoms with Crippen LogP contribution < -0.4 is 0 Å². The normalized spacial score (nSPS) is 18.4. The van der Waals surface area contributed by atoms with E-state index in [1.54, 1.807) is 54.6 Å². The summed E-state index contributed by atoms with van der Waals surface area (Å²) in [5.74, 6) is -0.421. The summed E-state index contributed by atoms with van der Waals surface area (Å²) in [6, 6.07) is 8.36. The predicted molar refractivity (Wildman–Crippen MR) is 191 cm³/mol. The Hall–Kier alpha value is -5.73. The minimum Gasteiger partial charge on any atom is -0.296 e. The maximum atomic E-state index is 9.45. The SMILES string of the molecule is [2H]c1c([2H])c([2H])c2c([2H])c([2H])c(-c3c4c([2H])c([2H])c([2H])c([2H])c4c(-c4ccc(-n5c(C([2H])([2H])C([2H])([2H])[2H])nc6ccccc65)c5ccccc45)c4c([2H])c([2H])c([2H])c([2H])c34)cc2c1[2H]. The van der Waals surface area contributed by atoms with Crippen LogP contribution in [0.15, 0.2) is 151 Å². The Morgan fingerprint density at radius 1 is 0.622 bits per heavy atom. The molecule has 2 nitrogen and oxygen atoms in total. The standard InChI is InChI=1S/C43H30N2/c1-2-41-44-38-21-11-12-22-40(38)45(41)39-26-25-37(31-15-5-6-16-32(31)39)43-35-19-9-7-17-33(35)42(34-18-8-10-20-36(34)43)30-24-23-28-13-3-4-14-29(28)27-30/h3-27H,2H2,1H3/i1D3,2D2,3D,4D,7D,8D,9D,10D,13D,14D,17D,18D,19D,20D,23D,24D. The summed E-state index contributed by atoms with van der Waals surface area (Å²) in [5.41, 5.74) is 0.488. The number of para-hydroxylation sites is 2. The first-order valence-corrected chi connectivity index (χ1v) is 14.0. The molecule has 0 aliphatic rings. The highest BCUT2D eigenvalue weighted by molar-refractivity contribution is 6.24. The van der Waals surface area contributed by atoms with Crippen LogP contribution in [0.1, 0.15) is 38.7 Å². The van der Waals surface area contributed by atoms with Crippen LogP contribution in [0.25, 0.3) is 82.1 Å². The summed E-state index contributed by atoms with van der Waals surface area (Å²) >= 11 is 0. The van der Waals surface area contributed by atoms with E-state index >= 15 is 0 Å². The molecule has 0 bridgehead atoms. The monoisotopic (exact) mass is 593 g/mol. The number of hydrogen-bond acceptors (Lipinski definition) is 1. The third kappa shape index (κ3) is 3.92. The molecule has 1 heterocycles. The molecule has 0 saturated heterocycles. The lowest BCUT2D eigenvalue weighted by Crippen LogP contribution is -2.01. The maximum absolute atomic E-state index is 9.45. The van der Waals surface area contributed by atoms with Crippen molar-refractivity contribution in [1.82, 2.24) is 9.55 Å². The molecule has 0 saturated carbocycles. The molecule has 45 heavy (non-hydrogen) atoms. The number of aryl methyl sites for hydroxylation is 1. The van der Waals surface area contributed by atoms with E-state index in [4.69, 9.17) is 19.2 Å². The number of fused-ring (bicyclic) bond motifs is 5. The van der Waals surface area contributed by atoms with E-state index in [9.17, 15) is 6.85 Å². The molecule has 212 valence electrons. The van der Waals surface area contributed by atoms with Gasteiger partial charge in [-0.1, -0.05) is 134 Å². The highest BCUT2D eigenvalue weighted by Gasteiger charge is 2.20. The average Bonchev–Trinajstić information content (AvgIpc) is 3.67. The van der Waals surface area contributed by atoms with Crippen LogP contribution in [0.4, 0.5) is 0 Å². The smallest absolute Gasteiger partial charge is 0.114 e. The largest absolute Gasteiger partial charge is 0.296 e. The first-order valence-electron chi connectivity index (χ1n) is 23.5. The van der Waals surface area contributed by atoms with Gasteiger partial charge in [-0.25, -0.2) is 4.98 Å². The number of imidazole rings is 1. The van der Waals surface area contributed by atoms with E-state index in [0.29, 0.717) is 21.8 Å². The third-order valence-electron chi connectivity index (χ3n) is 8.06. The summed E-state index contributed by atoms with van der Waals surface area (Å²) in [7, 11) is 0. The van der Waals surface area contributed by atoms with Crippen LogP contribution in [0.2, 0.25) is 0 Å². The molecule has 9 rings (SSSR count). The van der Waals surface area contributed by atoms with Crippen LogP contribution in [0, 0.1) is 0 Å². The van der Waals surface area contributed by atoms with Gasteiger partial charge in [0.15, 0.2) is 0 Å². The first-order chi connectivity index (χ1) is 30.0. The van der Waals surface area contributed by atoms with E-state index < -0.39 is 104 Å². The molecule has 0 fully saturated rings. The Morgan fingerprint density at radius 2 is 1.27 bits per heavy atom. The molecule has 0 amide bonds. The number of nitrogens with zero attached hydrogens (tertiary/aromatic N) is 2. The molecule has 0 atom stereocenters. The first kappa shape index (κ1) is 13.1. The summed E-state index contributed by atoms with van der Waals surface area (Å²) in [6.07, 6.45) is -2.96. The summed E-state index contributed by atoms with van der Waals surface area (Å²) in [5, 5.41) is -0.846. The number of hydrogen-bond donors (Lipinski definition) is 0. The van der Waals surface area contributed by atoms with Crippen molar-refractivity contribution in [3.63, 3.8) is 0 Å². The zero-order valence-electron chi connectivity index (χ0n) is 42.2. The molecule has 2 heteroatoms. The van der Waals surface area contributed by atoms with Crippen molar-refractivity contribution in [2.24, 2.45) is 0 Å². The molecule has 1 aromatic heterocycles. The molecule has 0 radical (unpaired) electrons. The van der Waals surface area contributed by atoms with Crippen molar-refractivity contribution in [3.8, 4) is 27.9 Å². The van der Waals surface area contributed by atoms with Crippen molar-refractivity contribution in [2.45, 2.75) is 13.2 Å². The highest BCUT2D eigenvalue weighted by Crippen LogP contribution is 2.46. The van der Waals surface area contributed by atoms with Crippen LogP contribution >= 0.6 is 0 Å². The average molecular weight is 594 g/mol. The molecule has 0 spiro atoms.